The van der Waals surface area contributed by atoms with Crippen molar-refractivity contribution in [2.75, 3.05) is 19.7 Å². The van der Waals surface area contributed by atoms with Crippen LogP contribution in [-0.2, 0) is 14.3 Å². The predicted molar refractivity (Wildman–Crippen MR) is 125 cm³/mol. The molecule has 1 unspecified atom stereocenters. The van der Waals surface area contributed by atoms with Gasteiger partial charge >= 0.3 is 12.1 Å². The molecule has 2 aromatic rings. The van der Waals surface area contributed by atoms with Crippen molar-refractivity contribution in [3.8, 4) is 11.1 Å². The lowest BCUT2D eigenvalue weighted by atomic mass is 9.92. The molecule has 4 rings (SSSR count). The van der Waals surface area contributed by atoms with Crippen LogP contribution in [0.2, 0.25) is 0 Å². The number of carboxylic acid groups (broad SMARTS) is 1. The number of hydrogen-bond donors (Lipinski definition) is 3. The van der Waals surface area contributed by atoms with Gasteiger partial charge in [-0.1, -0.05) is 55.5 Å². The normalized spacial score (nSPS) is 20.2. The monoisotopic (exact) mass is 466 g/mol. The third-order valence-corrected chi connectivity index (χ3v) is 6.80. The molecule has 8 heteroatoms. The van der Waals surface area contributed by atoms with Crippen LogP contribution in [0.3, 0.4) is 0 Å². The highest BCUT2D eigenvalue weighted by molar-refractivity contribution is 5.82. The zero-order valence-electron chi connectivity index (χ0n) is 19.2. The van der Waals surface area contributed by atoms with Crippen LogP contribution in [0.4, 0.5) is 4.79 Å². The summed E-state index contributed by atoms with van der Waals surface area (Å²) in [6, 6.07) is 15.7. The predicted octanol–water partition coefficient (Wildman–Crippen LogP) is 3.13. The van der Waals surface area contributed by atoms with Crippen molar-refractivity contribution in [1.29, 1.82) is 0 Å². The Morgan fingerprint density at radius 1 is 1.12 bits per heavy atom. The van der Waals surface area contributed by atoms with Gasteiger partial charge in [-0.15, -0.1) is 0 Å². The van der Waals surface area contributed by atoms with Crippen LogP contribution >= 0.6 is 0 Å². The zero-order chi connectivity index (χ0) is 24.3. The van der Waals surface area contributed by atoms with E-state index in [1.54, 1.807) is 0 Å². The Morgan fingerprint density at radius 3 is 2.32 bits per heavy atom. The van der Waals surface area contributed by atoms with Crippen LogP contribution in [0.25, 0.3) is 11.1 Å². The second-order valence-electron chi connectivity index (χ2n) is 9.03. The van der Waals surface area contributed by atoms with Crippen molar-refractivity contribution in [2.24, 2.45) is 0 Å². The van der Waals surface area contributed by atoms with E-state index in [1.807, 2.05) is 43.3 Å². The molecule has 34 heavy (non-hydrogen) atoms. The molecule has 0 aromatic heterocycles. The van der Waals surface area contributed by atoms with Crippen LogP contribution in [0.1, 0.15) is 49.7 Å². The van der Waals surface area contributed by atoms with Crippen molar-refractivity contribution in [3.63, 3.8) is 0 Å². The number of carbonyl (C=O) groups excluding carboxylic acids is 2. The number of alkyl carbamates (subject to hydrolysis) is 1. The number of likely N-dealkylation sites (tertiary alicyclic amines) is 1. The lowest BCUT2D eigenvalue weighted by molar-refractivity contribution is -0.166. The number of aliphatic carboxylic acids is 1. The summed E-state index contributed by atoms with van der Waals surface area (Å²) in [5.41, 5.74) is 2.61. The minimum Gasteiger partial charge on any atom is -0.479 e. The fraction of sp³-hybridized carbons (Fsp3) is 0.423. The Bertz CT molecular complexity index is 1040. The first kappa shape index (κ1) is 23.8. The van der Waals surface area contributed by atoms with Gasteiger partial charge in [-0.05, 0) is 41.5 Å². The number of rotatable bonds is 7. The van der Waals surface area contributed by atoms with E-state index >= 15 is 0 Å². The molecule has 3 N–H and O–H groups in total. The molecule has 0 bridgehead atoms. The highest BCUT2D eigenvalue weighted by Gasteiger charge is 2.42. The SMILES string of the molecule is CC[C@H](CC(=O)N1CCCC(O)(C(=O)O)C1)NC(=O)OCC1c2ccccc2-c2ccccc21. The summed E-state index contributed by atoms with van der Waals surface area (Å²) in [4.78, 5) is 38.0. The molecule has 0 saturated carbocycles. The Hall–Kier alpha value is -3.39. The number of piperidine rings is 1. The third kappa shape index (κ3) is 4.77. The summed E-state index contributed by atoms with van der Waals surface area (Å²) in [5, 5.41) is 22.3. The molecule has 2 atom stereocenters. The Morgan fingerprint density at radius 2 is 1.74 bits per heavy atom. The third-order valence-electron chi connectivity index (χ3n) is 6.80. The number of benzene rings is 2. The van der Waals surface area contributed by atoms with Gasteiger partial charge in [0.05, 0.1) is 6.54 Å². The maximum Gasteiger partial charge on any atom is 0.407 e. The summed E-state index contributed by atoms with van der Waals surface area (Å²) < 4.78 is 5.57. The number of hydrogen-bond acceptors (Lipinski definition) is 5. The smallest absolute Gasteiger partial charge is 0.407 e. The van der Waals surface area contributed by atoms with Gasteiger partial charge in [-0.25, -0.2) is 9.59 Å². The molecule has 1 aliphatic heterocycles. The number of nitrogens with zero attached hydrogens (tertiary/aromatic N) is 1. The Labute approximate surface area is 198 Å². The van der Waals surface area contributed by atoms with Gasteiger partial charge in [-0.2, -0.15) is 0 Å². The molecule has 0 radical (unpaired) electrons. The van der Waals surface area contributed by atoms with Crippen molar-refractivity contribution < 1.29 is 29.3 Å². The van der Waals surface area contributed by atoms with Gasteiger partial charge in [0.25, 0.3) is 0 Å². The molecule has 2 aliphatic rings. The van der Waals surface area contributed by atoms with E-state index in [2.05, 4.69) is 17.4 Å². The molecule has 1 saturated heterocycles. The van der Waals surface area contributed by atoms with E-state index in [1.165, 1.54) is 4.90 Å². The number of β-amino-alcohol motifs (C(OH)–C–C–N with tert-alkyl or cyclic N) is 1. The van der Waals surface area contributed by atoms with Gasteiger partial charge < -0.3 is 25.2 Å². The van der Waals surface area contributed by atoms with Crippen molar-refractivity contribution >= 4 is 18.0 Å². The molecule has 1 heterocycles. The number of carboxylic acids is 1. The average Bonchev–Trinajstić information content (AvgIpc) is 3.16. The van der Waals surface area contributed by atoms with E-state index in [0.29, 0.717) is 19.4 Å². The molecule has 1 aliphatic carbocycles. The van der Waals surface area contributed by atoms with E-state index in [0.717, 1.165) is 22.3 Å². The number of ether oxygens (including phenoxy) is 1. The highest BCUT2D eigenvalue weighted by atomic mass is 16.5. The van der Waals surface area contributed by atoms with Gasteiger partial charge in [0, 0.05) is 24.9 Å². The largest absolute Gasteiger partial charge is 0.479 e. The molecular formula is C26H30N2O6. The topological polar surface area (TPSA) is 116 Å². The standard InChI is InChI=1S/C26H30N2O6/c1-2-17(14-23(29)28-13-7-12-26(33,16-28)24(30)31)27-25(32)34-15-22-20-10-5-3-8-18(20)19-9-4-6-11-21(19)22/h3-6,8-11,17,22,33H,2,7,12-16H2,1H3,(H,27,32)(H,30,31)/t17-,26?/m1/s1. The summed E-state index contributed by atoms with van der Waals surface area (Å²) in [6.07, 6.45) is 0.442. The van der Waals surface area contributed by atoms with Crippen LogP contribution in [0.5, 0.6) is 0 Å². The first-order valence-corrected chi connectivity index (χ1v) is 11.7. The molecular weight excluding hydrogens is 436 g/mol. The van der Waals surface area contributed by atoms with Crippen LogP contribution in [0.15, 0.2) is 48.5 Å². The first-order chi connectivity index (χ1) is 16.3. The number of fused-ring (bicyclic) bond motifs is 3. The maximum absolute atomic E-state index is 12.7. The fourth-order valence-electron chi connectivity index (χ4n) is 4.87. The van der Waals surface area contributed by atoms with Crippen LogP contribution in [-0.4, -0.2) is 64.4 Å². The molecule has 1 fully saturated rings. The van der Waals surface area contributed by atoms with E-state index in [-0.39, 0.29) is 37.8 Å². The number of aliphatic hydroxyl groups is 1. The van der Waals surface area contributed by atoms with Crippen LogP contribution in [0, 0.1) is 0 Å². The number of nitrogens with one attached hydrogen (secondary N) is 1. The number of amides is 2. The minimum atomic E-state index is -1.92. The first-order valence-electron chi connectivity index (χ1n) is 11.7. The average molecular weight is 467 g/mol. The molecule has 0 spiro atoms. The Balaban J connectivity index is 1.34. The summed E-state index contributed by atoms with van der Waals surface area (Å²) in [5.74, 6) is -1.68. The summed E-state index contributed by atoms with van der Waals surface area (Å²) in [6.45, 7) is 2.17. The summed E-state index contributed by atoms with van der Waals surface area (Å²) in [7, 11) is 0. The molecule has 180 valence electrons. The zero-order valence-corrected chi connectivity index (χ0v) is 19.2. The van der Waals surface area contributed by atoms with Gasteiger partial charge in [0.15, 0.2) is 5.60 Å². The lowest BCUT2D eigenvalue weighted by Gasteiger charge is -2.36. The van der Waals surface area contributed by atoms with Gasteiger partial charge in [0.2, 0.25) is 5.91 Å². The van der Waals surface area contributed by atoms with Gasteiger partial charge in [0.1, 0.15) is 6.61 Å². The van der Waals surface area contributed by atoms with Crippen LogP contribution < -0.4 is 5.32 Å². The van der Waals surface area contributed by atoms with Crippen molar-refractivity contribution in [2.45, 2.75) is 50.2 Å². The summed E-state index contributed by atoms with van der Waals surface area (Å²) >= 11 is 0. The van der Waals surface area contributed by atoms with E-state index in [9.17, 15) is 24.6 Å². The Kier molecular flexibility index (Phi) is 6.88. The molecule has 2 amide bonds. The second-order valence-corrected chi connectivity index (χ2v) is 9.03. The minimum absolute atomic E-state index is 0.0103. The lowest BCUT2D eigenvalue weighted by Crippen LogP contribution is -2.55. The number of carbonyl (C=O) groups is 3. The molecule has 8 nitrogen and oxygen atoms in total. The maximum atomic E-state index is 12.7. The van der Waals surface area contributed by atoms with E-state index in [4.69, 9.17) is 4.74 Å². The van der Waals surface area contributed by atoms with Crippen molar-refractivity contribution in [1.82, 2.24) is 10.2 Å². The fourth-order valence-corrected chi connectivity index (χ4v) is 4.87. The second kappa shape index (κ2) is 9.85. The highest BCUT2D eigenvalue weighted by Crippen LogP contribution is 2.44. The molecule has 2 aromatic carbocycles. The van der Waals surface area contributed by atoms with Crippen molar-refractivity contribution in [3.05, 3.63) is 59.7 Å². The quantitative estimate of drug-likeness (QED) is 0.577. The van der Waals surface area contributed by atoms with Gasteiger partial charge in [-0.3, -0.25) is 4.79 Å². The van der Waals surface area contributed by atoms with E-state index < -0.39 is 23.7 Å².